The van der Waals surface area contributed by atoms with E-state index in [1.54, 1.807) is 53.4 Å². The van der Waals surface area contributed by atoms with Crippen LogP contribution in [0.2, 0.25) is 0 Å². The molecule has 8 heteroatoms. The summed E-state index contributed by atoms with van der Waals surface area (Å²) in [5.41, 5.74) is 0.837. The lowest BCUT2D eigenvalue weighted by Crippen LogP contribution is -2.40. The van der Waals surface area contributed by atoms with E-state index >= 15 is 0 Å². The van der Waals surface area contributed by atoms with Crippen LogP contribution in [0.5, 0.6) is 0 Å². The Bertz CT molecular complexity index is 1100. The van der Waals surface area contributed by atoms with Crippen LogP contribution in [0.4, 0.5) is 0 Å². The highest BCUT2D eigenvalue weighted by Crippen LogP contribution is 2.29. The zero-order valence-electron chi connectivity index (χ0n) is 14.3. The van der Waals surface area contributed by atoms with E-state index < -0.39 is 10.0 Å². The SMILES string of the molecule is O=C(c1cn(S(=O)(=O)c2ccccc2)c2cc(Br)ccc12)N1CCOCC1. The van der Waals surface area contributed by atoms with Crippen LogP contribution >= 0.6 is 15.9 Å². The van der Waals surface area contributed by atoms with Gasteiger partial charge < -0.3 is 9.64 Å². The lowest BCUT2D eigenvalue weighted by molar-refractivity contribution is 0.0304. The number of carbonyl (C=O) groups excluding carboxylic acids is 1. The molecule has 3 aromatic rings. The first kappa shape index (κ1) is 18.2. The number of rotatable bonds is 3. The number of ether oxygens (including phenoxy) is 1. The average Bonchev–Trinajstić information content (AvgIpc) is 3.08. The molecule has 1 aliphatic rings. The molecule has 2 aromatic carbocycles. The van der Waals surface area contributed by atoms with E-state index in [-0.39, 0.29) is 10.8 Å². The molecule has 1 aromatic heterocycles. The molecule has 1 aliphatic heterocycles. The van der Waals surface area contributed by atoms with Gasteiger partial charge in [0.25, 0.3) is 15.9 Å². The van der Waals surface area contributed by atoms with E-state index in [9.17, 15) is 13.2 Å². The predicted molar refractivity (Wildman–Crippen MR) is 105 cm³/mol. The summed E-state index contributed by atoms with van der Waals surface area (Å²) in [5.74, 6) is -0.187. The highest BCUT2D eigenvalue weighted by atomic mass is 79.9. The second kappa shape index (κ2) is 7.10. The molecule has 0 bridgehead atoms. The number of nitrogens with zero attached hydrogens (tertiary/aromatic N) is 2. The van der Waals surface area contributed by atoms with E-state index in [0.29, 0.717) is 42.8 Å². The van der Waals surface area contributed by atoms with Gasteiger partial charge >= 0.3 is 0 Å². The van der Waals surface area contributed by atoms with Crippen LogP contribution in [0.25, 0.3) is 10.9 Å². The van der Waals surface area contributed by atoms with Gasteiger partial charge in [-0.2, -0.15) is 0 Å². The lowest BCUT2D eigenvalue weighted by atomic mass is 10.1. The van der Waals surface area contributed by atoms with E-state index in [0.717, 1.165) is 4.47 Å². The number of halogens is 1. The molecule has 0 radical (unpaired) electrons. The molecule has 6 nitrogen and oxygen atoms in total. The zero-order chi connectivity index (χ0) is 19.0. The third kappa shape index (κ3) is 3.28. The summed E-state index contributed by atoms with van der Waals surface area (Å²) in [6.45, 7) is 1.96. The Kier molecular flexibility index (Phi) is 4.79. The monoisotopic (exact) mass is 448 g/mol. The third-order valence-corrected chi connectivity index (χ3v) is 6.74. The van der Waals surface area contributed by atoms with Gasteiger partial charge in [0, 0.05) is 29.1 Å². The van der Waals surface area contributed by atoms with Crippen LogP contribution in [0.3, 0.4) is 0 Å². The van der Waals surface area contributed by atoms with E-state index in [2.05, 4.69) is 15.9 Å². The molecule has 2 heterocycles. The second-order valence-electron chi connectivity index (χ2n) is 6.22. The van der Waals surface area contributed by atoms with Crippen molar-refractivity contribution in [3.8, 4) is 0 Å². The highest BCUT2D eigenvalue weighted by Gasteiger charge is 2.27. The van der Waals surface area contributed by atoms with Crippen LogP contribution in [0, 0.1) is 0 Å². The van der Waals surface area contributed by atoms with E-state index in [4.69, 9.17) is 4.74 Å². The molecular weight excluding hydrogens is 432 g/mol. The van der Waals surface area contributed by atoms with Crippen molar-refractivity contribution in [3.05, 3.63) is 64.8 Å². The summed E-state index contributed by atoms with van der Waals surface area (Å²) in [4.78, 5) is 14.9. The smallest absolute Gasteiger partial charge is 0.268 e. The van der Waals surface area contributed by atoms with Crippen molar-refractivity contribution < 1.29 is 17.9 Å². The fraction of sp³-hybridized carbons (Fsp3) is 0.211. The normalized spacial score (nSPS) is 15.2. The quantitative estimate of drug-likeness (QED) is 0.617. The average molecular weight is 449 g/mol. The summed E-state index contributed by atoms with van der Waals surface area (Å²) in [5, 5.41) is 0.606. The molecule has 0 spiro atoms. The summed E-state index contributed by atoms with van der Waals surface area (Å²) in [6.07, 6.45) is 1.43. The van der Waals surface area contributed by atoms with Gasteiger partial charge in [0.05, 0.1) is 29.2 Å². The van der Waals surface area contributed by atoms with Gasteiger partial charge in [0.15, 0.2) is 0 Å². The molecule has 0 N–H and O–H groups in total. The predicted octanol–water partition coefficient (Wildman–Crippen LogP) is 3.11. The Morgan fingerprint density at radius 1 is 1.04 bits per heavy atom. The van der Waals surface area contributed by atoms with Crippen LogP contribution in [-0.2, 0) is 14.8 Å². The van der Waals surface area contributed by atoms with Crippen molar-refractivity contribution in [1.82, 2.24) is 8.87 Å². The number of carbonyl (C=O) groups is 1. The molecule has 0 unspecified atom stereocenters. The number of hydrogen-bond donors (Lipinski definition) is 0. The molecule has 0 atom stereocenters. The fourth-order valence-electron chi connectivity index (χ4n) is 3.18. The van der Waals surface area contributed by atoms with Crippen molar-refractivity contribution >= 4 is 42.8 Å². The summed E-state index contributed by atoms with van der Waals surface area (Å²) < 4.78 is 33.6. The minimum absolute atomic E-state index is 0.173. The van der Waals surface area contributed by atoms with Crippen LogP contribution < -0.4 is 0 Å². The molecule has 1 amide bonds. The minimum atomic E-state index is -3.83. The van der Waals surface area contributed by atoms with Crippen molar-refractivity contribution in [2.75, 3.05) is 26.3 Å². The van der Waals surface area contributed by atoms with E-state index in [1.807, 2.05) is 0 Å². The van der Waals surface area contributed by atoms with Gasteiger partial charge in [-0.3, -0.25) is 4.79 Å². The Morgan fingerprint density at radius 2 is 1.74 bits per heavy atom. The number of amides is 1. The fourth-order valence-corrected chi connectivity index (χ4v) is 4.91. The Hall–Kier alpha value is -2.16. The van der Waals surface area contributed by atoms with Crippen molar-refractivity contribution in [1.29, 1.82) is 0 Å². The lowest BCUT2D eigenvalue weighted by Gasteiger charge is -2.26. The van der Waals surface area contributed by atoms with Crippen LogP contribution in [0.15, 0.2) is 64.1 Å². The summed E-state index contributed by atoms with van der Waals surface area (Å²) >= 11 is 3.39. The number of morpholine rings is 1. The Labute approximate surface area is 165 Å². The van der Waals surface area contributed by atoms with Gasteiger partial charge in [-0.1, -0.05) is 40.2 Å². The van der Waals surface area contributed by atoms with Crippen LogP contribution in [0.1, 0.15) is 10.4 Å². The maximum atomic E-state index is 13.2. The van der Waals surface area contributed by atoms with Gasteiger partial charge in [-0.05, 0) is 24.3 Å². The van der Waals surface area contributed by atoms with Crippen molar-refractivity contribution in [2.24, 2.45) is 0 Å². The molecule has 1 saturated heterocycles. The van der Waals surface area contributed by atoms with Crippen molar-refractivity contribution in [3.63, 3.8) is 0 Å². The number of fused-ring (bicyclic) bond motifs is 1. The van der Waals surface area contributed by atoms with Gasteiger partial charge in [0.1, 0.15) is 0 Å². The molecule has 4 rings (SSSR count). The Balaban J connectivity index is 1.89. The first-order chi connectivity index (χ1) is 13.0. The third-order valence-electron chi connectivity index (χ3n) is 4.56. The summed E-state index contributed by atoms with van der Waals surface area (Å²) in [6, 6.07) is 13.5. The minimum Gasteiger partial charge on any atom is -0.378 e. The molecule has 0 saturated carbocycles. The molecule has 0 aliphatic carbocycles. The number of benzene rings is 2. The number of aromatic nitrogens is 1. The van der Waals surface area contributed by atoms with Crippen molar-refractivity contribution in [2.45, 2.75) is 4.90 Å². The summed E-state index contributed by atoms with van der Waals surface area (Å²) in [7, 11) is -3.83. The first-order valence-corrected chi connectivity index (χ1v) is 10.7. The highest BCUT2D eigenvalue weighted by molar-refractivity contribution is 9.10. The maximum Gasteiger partial charge on any atom is 0.268 e. The van der Waals surface area contributed by atoms with Crippen LogP contribution in [-0.4, -0.2) is 49.5 Å². The van der Waals surface area contributed by atoms with Gasteiger partial charge in [-0.15, -0.1) is 0 Å². The second-order valence-corrected chi connectivity index (χ2v) is 8.95. The zero-order valence-corrected chi connectivity index (χ0v) is 16.7. The molecular formula is C19H17BrN2O4S. The Morgan fingerprint density at radius 3 is 2.44 bits per heavy atom. The number of hydrogen-bond acceptors (Lipinski definition) is 4. The molecule has 27 heavy (non-hydrogen) atoms. The topological polar surface area (TPSA) is 68.6 Å². The van der Waals surface area contributed by atoms with E-state index in [1.165, 1.54) is 10.2 Å². The van der Waals surface area contributed by atoms with Gasteiger partial charge in [0.2, 0.25) is 0 Å². The maximum absolute atomic E-state index is 13.2. The standard InChI is InChI=1S/C19H17BrN2O4S/c20-14-6-7-16-17(19(23)21-8-10-26-11-9-21)13-22(18(16)12-14)27(24,25)15-4-2-1-3-5-15/h1-7,12-13H,8-11H2. The molecule has 1 fully saturated rings. The van der Waals surface area contributed by atoms with Gasteiger partial charge in [-0.25, -0.2) is 12.4 Å². The molecule has 140 valence electrons. The first-order valence-electron chi connectivity index (χ1n) is 8.47. The largest absolute Gasteiger partial charge is 0.378 e.